The van der Waals surface area contributed by atoms with Crippen molar-refractivity contribution in [2.24, 2.45) is 0 Å². The molecule has 0 aliphatic carbocycles. The Labute approximate surface area is 365 Å². The number of halogens is 1. The van der Waals surface area contributed by atoms with Crippen LogP contribution in [0, 0.1) is 0 Å². The molecule has 0 spiro atoms. The van der Waals surface area contributed by atoms with Crippen molar-refractivity contribution in [3.8, 4) is 0 Å². The number of hydrogen-bond donors (Lipinski definition) is 4. The zero-order chi connectivity index (χ0) is 43.3. The molecule has 3 aromatic rings. The number of carboxylic acids is 3. The van der Waals surface area contributed by atoms with E-state index in [0.717, 1.165) is 36.0 Å². The van der Waals surface area contributed by atoms with Crippen molar-refractivity contribution in [1.82, 2.24) is 19.6 Å². The van der Waals surface area contributed by atoms with E-state index in [1.807, 2.05) is 21.9 Å². The Morgan fingerprint density at radius 1 is 0.617 bits per heavy atom. The lowest BCUT2D eigenvalue weighted by Crippen LogP contribution is -2.44. The van der Waals surface area contributed by atoms with Gasteiger partial charge in [0.25, 0.3) is 0 Å². The van der Waals surface area contributed by atoms with Crippen LogP contribution in [0.5, 0.6) is 0 Å². The lowest BCUT2D eigenvalue weighted by Gasteiger charge is -2.31. The predicted octanol–water partition coefficient (Wildman–Crippen LogP) is 6.91. The maximum atomic E-state index is 11.8. The highest BCUT2D eigenvalue weighted by Gasteiger charge is 2.25. The summed E-state index contributed by atoms with van der Waals surface area (Å²) in [5.41, 5.74) is 6.88. The zero-order valence-corrected chi connectivity index (χ0v) is 37.9. The topological polar surface area (TPSA) is 154 Å². The molecule has 1 saturated heterocycles. The van der Waals surface area contributed by atoms with Crippen LogP contribution in [0.4, 0.5) is 0 Å². The molecule has 5 unspecified atom stereocenters. The third-order valence-electron chi connectivity index (χ3n) is 11.5. The number of benzene rings is 3. The Kier molecular flexibility index (Phi) is 22.4. The van der Waals surface area contributed by atoms with Gasteiger partial charge in [0.2, 0.25) is 0 Å². The van der Waals surface area contributed by atoms with Crippen molar-refractivity contribution in [2.45, 2.75) is 75.8 Å². The minimum atomic E-state index is -0.946. The summed E-state index contributed by atoms with van der Waals surface area (Å²) >= 11 is 6.12. The molecular weight excluding hydrogens is 822 g/mol. The second kappa shape index (κ2) is 27.1. The van der Waals surface area contributed by atoms with Gasteiger partial charge >= 0.3 is 17.9 Å². The highest BCUT2D eigenvalue weighted by atomic mass is 35.5. The minimum absolute atomic E-state index is 0.00356. The van der Waals surface area contributed by atoms with Crippen LogP contribution in [0.2, 0.25) is 0 Å². The summed E-state index contributed by atoms with van der Waals surface area (Å²) in [5, 5.41) is 38.5. The van der Waals surface area contributed by atoms with Gasteiger partial charge in [0.05, 0.1) is 32.8 Å². The van der Waals surface area contributed by atoms with Crippen molar-refractivity contribution < 1.29 is 39.3 Å². The lowest BCUT2D eigenvalue weighted by atomic mass is 9.78. The lowest BCUT2D eigenvalue weighted by molar-refractivity contribution is -0.140. The van der Waals surface area contributed by atoms with Gasteiger partial charge < -0.3 is 24.9 Å². The number of aliphatic hydroxyl groups is 1. The van der Waals surface area contributed by atoms with Gasteiger partial charge in [-0.1, -0.05) is 88.6 Å². The normalized spacial score (nSPS) is 17.6. The monoisotopic (exact) mass is 886 g/mol. The highest BCUT2D eigenvalue weighted by Crippen LogP contribution is 2.40. The maximum absolute atomic E-state index is 11.8. The van der Waals surface area contributed by atoms with E-state index in [0.29, 0.717) is 98.6 Å². The number of hydrogen-bond acceptors (Lipinski definition) is 9. The molecule has 0 bridgehead atoms. The summed E-state index contributed by atoms with van der Waals surface area (Å²) in [6.45, 7) is 7.44. The van der Waals surface area contributed by atoms with E-state index in [2.05, 4.69) is 81.4 Å². The first kappa shape index (κ1) is 49.6. The van der Waals surface area contributed by atoms with Crippen LogP contribution >= 0.6 is 29.0 Å². The molecule has 15 heteroatoms. The Hall–Kier alpha value is -3.02. The Morgan fingerprint density at radius 3 is 1.45 bits per heavy atom. The average Bonchev–Trinajstić information content (AvgIpc) is 3.23. The Balaban J connectivity index is 1.52. The van der Waals surface area contributed by atoms with Gasteiger partial charge in [0, 0.05) is 72.7 Å². The van der Waals surface area contributed by atoms with E-state index in [9.17, 15) is 34.8 Å². The summed E-state index contributed by atoms with van der Waals surface area (Å²) < 4.78 is 6.03. The number of aliphatic carboxylic acids is 3. The number of nitrogens with zero attached hydrogens (tertiary/aromatic N) is 4. The molecule has 4 N–H and O–H groups in total. The molecule has 4 rings (SSSR count). The molecule has 0 amide bonds. The predicted molar refractivity (Wildman–Crippen MR) is 243 cm³/mol. The number of carboxylic acid groups (broad SMARTS) is 3. The van der Waals surface area contributed by atoms with E-state index in [-0.39, 0.29) is 38.1 Å². The van der Waals surface area contributed by atoms with Crippen molar-refractivity contribution in [3.05, 3.63) is 106 Å². The number of aliphatic hydroxyl groups excluding tert-OH is 1. The van der Waals surface area contributed by atoms with Crippen LogP contribution in [0.25, 0.3) is 0 Å². The maximum Gasteiger partial charge on any atom is 0.317 e. The molecule has 1 fully saturated rings. The molecule has 5 atom stereocenters. The summed E-state index contributed by atoms with van der Waals surface area (Å²) in [7, 11) is 3.00. The fourth-order valence-electron chi connectivity index (χ4n) is 8.23. The van der Waals surface area contributed by atoms with Gasteiger partial charge in [-0.3, -0.25) is 34.0 Å². The molecule has 1 aliphatic rings. The van der Waals surface area contributed by atoms with Crippen molar-refractivity contribution in [3.63, 3.8) is 0 Å². The molecule has 0 aromatic heterocycles. The standard InChI is InChI=1S/C45H65ClN4O8P2/c1-2-37(25-41(39-15-9-36(32-51)10-16-39)26-42(33-58-60-59)40-11-5-34(27-46)6-12-40)38-13-7-35(8-14-38)28-47-17-3-18-49(30-44(54)55)23-24-50(31-45(56)57)20-4-19-48(22-21-47)29-43(52)53/h5-16,37,41-42,51,60H,2-4,17-33,59H2,1H3,(H,52,53)(H,54,55)(H,56,57). The molecule has 330 valence electrons. The fraction of sp³-hybridized carbons (Fsp3) is 0.533. The van der Waals surface area contributed by atoms with Crippen molar-refractivity contribution in [2.75, 3.05) is 78.6 Å². The first-order chi connectivity index (χ1) is 29.0. The Morgan fingerprint density at radius 2 is 1.02 bits per heavy atom. The van der Waals surface area contributed by atoms with Crippen LogP contribution in [0.3, 0.4) is 0 Å². The smallest absolute Gasteiger partial charge is 0.317 e. The van der Waals surface area contributed by atoms with E-state index >= 15 is 0 Å². The van der Waals surface area contributed by atoms with Crippen LogP contribution in [0.15, 0.2) is 72.8 Å². The van der Waals surface area contributed by atoms with Crippen LogP contribution in [-0.2, 0) is 37.9 Å². The van der Waals surface area contributed by atoms with Gasteiger partial charge in [-0.2, -0.15) is 0 Å². The molecule has 1 aliphatic heterocycles. The first-order valence-electron chi connectivity index (χ1n) is 21.1. The van der Waals surface area contributed by atoms with Crippen molar-refractivity contribution >= 4 is 46.9 Å². The number of rotatable bonds is 21. The average molecular weight is 887 g/mol. The molecular formula is C45H65ClN4O8P2. The second-order valence-electron chi connectivity index (χ2n) is 15.9. The summed E-state index contributed by atoms with van der Waals surface area (Å²) in [5.74, 6) is -1.56. The van der Waals surface area contributed by atoms with Gasteiger partial charge in [-0.15, -0.1) is 11.6 Å². The Bertz CT molecular complexity index is 1720. The van der Waals surface area contributed by atoms with E-state index in [1.54, 1.807) is 4.90 Å². The van der Waals surface area contributed by atoms with Crippen LogP contribution in [0.1, 0.15) is 90.2 Å². The fourth-order valence-corrected chi connectivity index (χ4v) is 8.99. The zero-order valence-electron chi connectivity index (χ0n) is 35.0. The molecule has 1 heterocycles. The van der Waals surface area contributed by atoms with Gasteiger partial charge in [-0.25, -0.2) is 0 Å². The van der Waals surface area contributed by atoms with Crippen LogP contribution < -0.4 is 0 Å². The molecule has 0 radical (unpaired) electrons. The molecule has 12 nitrogen and oxygen atoms in total. The highest BCUT2D eigenvalue weighted by molar-refractivity contribution is 8.00. The van der Waals surface area contributed by atoms with Crippen LogP contribution in [-0.4, -0.2) is 137 Å². The van der Waals surface area contributed by atoms with Gasteiger partial charge in [0.1, 0.15) is 0 Å². The third-order valence-corrected chi connectivity index (χ3v) is 12.7. The first-order valence-corrected chi connectivity index (χ1v) is 24.3. The van der Waals surface area contributed by atoms with Gasteiger partial charge in [0.15, 0.2) is 0 Å². The third kappa shape index (κ3) is 17.8. The number of carbonyl (C=O) groups is 3. The van der Waals surface area contributed by atoms with Crippen molar-refractivity contribution in [1.29, 1.82) is 0 Å². The summed E-state index contributed by atoms with van der Waals surface area (Å²) in [4.78, 5) is 43.0. The summed E-state index contributed by atoms with van der Waals surface area (Å²) in [6, 6.07) is 25.8. The van der Waals surface area contributed by atoms with E-state index in [4.69, 9.17) is 16.1 Å². The summed E-state index contributed by atoms with van der Waals surface area (Å²) in [6.07, 6.45) is 4.13. The largest absolute Gasteiger partial charge is 0.480 e. The SMILES string of the molecule is CCC(CC(CC(COPP)c1ccc(CCl)cc1)c1ccc(CO)cc1)c1ccc(CN2CCCN(CC(=O)O)CCN(CC(=O)O)CCCN(CC(=O)O)CC2)cc1. The molecule has 3 aromatic carbocycles. The number of alkyl halides is 1. The van der Waals surface area contributed by atoms with E-state index < -0.39 is 17.9 Å². The quantitative estimate of drug-likeness (QED) is 0.0649. The van der Waals surface area contributed by atoms with E-state index in [1.165, 1.54) is 16.7 Å². The van der Waals surface area contributed by atoms with Gasteiger partial charge in [-0.05, 0) is 83.9 Å². The molecule has 0 saturated carbocycles. The molecule has 60 heavy (non-hydrogen) atoms. The second-order valence-corrected chi connectivity index (χ2v) is 17.4. The minimum Gasteiger partial charge on any atom is -0.480 e.